The first-order valence-corrected chi connectivity index (χ1v) is 3.80. The van der Waals surface area contributed by atoms with E-state index in [1.54, 1.807) is 12.3 Å². The maximum atomic E-state index is 9.50. The van der Waals surface area contributed by atoms with Gasteiger partial charge >= 0.3 is 0 Å². The summed E-state index contributed by atoms with van der Waals surface area (Å²) < 4.78 is 0. The second kappa shape index (κ2) is 2.53. The summed E-state index contributed by atoms with van der Waals surface area (Å²) in [7, 11) is 0. The third-order valence-electron chi connectivity index (χ3n) is 1.94. The lowest BCUT2D eigenvalue weighted by molar-refractivity contribution is 0.481. The summed E-state index contributed by atoms with van der Waals surface area (Å²) in [5.74, 6) is 0.286. The van der Waals surface area contributed by atoms with Crippen LogP contribution in [-0.2, 0) is 6.54 Å². The molecule has 12 heavy (non-hydrogen) atoms. The van der Waals surface area contributed by atoms with Crippen molar-refractivity contribution in [1.29, 1.82) is 0 Å². The molecule has 0 aliphatic carbocycles. The van der Waals surface area contributed by atoms with E-state index < -0.39 is 0 Å². The predicted molar refractivity (Wildman–Crippen MR) is 47.9 cm³/mol. The zero-order valence-electron chi connectivity index (χ0n) is 6.54. The molecule has 0 unspecified atom stereocenters. The summed E-state index contributed by atoms with van der Waals surface area (Å²) >= 11 is 0. The summed E-state index contributed by atoms with van der Waals surface area (Å²) in [6.45, 7) is 0.447. The second-order valence-electron chi connectivity index (χ2n) is 2.76. The number of nitrogens with two attached hydrogens (primary N) is 1. The lowest BCUT2D eigenvalue weighted by atomic mass is 10.1. The summed E-state index contributed by atoms with van der Waals surface area (Å²) in [6.07, 6.45) is 1.80. The van der Waals surface area contributed by atoms with Crippen LogP contribution < -0.4 is 5.73 Å². The number of hydrogen-bond donors (Lipinski definition) is 3. The fourth-order valence-electron chi connectivity index (χ4n) is 1.32. The number of hydrogen-bond acceptors (Lipinski definition) is 2. The van der Waals surface area contributed by atoms with Gasteiger partial charge in [-0.05, 0) is 23.8 Å². The molecule has 0 fully saturated rings. The van der Waals surface area contributed by atoms with Crippen LogP contribution in [0.3, 0.4) is 0 Å². The number of nitrogens with one attached hydrogen (secondary N) is 1. The van der Waals surface area contributed by atoms with Gasteiger partial charge in [0.1, 0.15) is 5.75 Å². The number of rotatable bonds is 1. The maximum Gasteiger partial charge on any atom is 0.125 e. The van der Waals surface area contributed by atoms with Gasteiger partial charge in [-0.2, -0.15) is 0 Å². The molecule has 0 amide bonds. The van der Waals surface area contributed by atoms with Crippen molar-refractivity contribution in [2.24, 2.45) is 5.73 Å². The fraction of sp³-hybridized carbons (Fsp3) is 0.111. The molecule has 3 nitrogen and oxygen atoms in total. The minimum absolute atomic E-state index is 0.286. The number of aromatic hydroxyl groups is 1. The highest BCUT2D eigenvalue weighted by molar-refractivity contribution is 5.86. The Balaban J connectivity index is 2.75. The average molecular weight is 162 g/mol. The van der Waals surface area contributed by atoms with Crippen LogP contribution in [0.4, 0.5) is 0 Å². The minimum Gasteiger partial charge on any atom is -0.507 e. The van der Waals surface area contributed by atoms with E-state index in [-0.39, 0.29) is 5.75 Å². The van der Waals surface area contributed by atoms with Crippen molar-refractivity contribution < 1.29 is 5.11 Å². The number of benzene rings is 1. The van der Waals surface area contributed by atoms with E-state index in [4.69, 9.17) is 5.73 Å². The number of aromatic nitrogens is 1. The Morgan fingerprint density at radius 1 is 1.42 bits per heavy atom. The largest absolute Gasteiger partial charge is 0.507 e. The monoisotopic (exact) mass is 162 g/mol. The Bertz CT molecular complexity index is 406. The van der Waals surface area contributed by atoms with E-state index in [1.165, 1.54) is 0 Å². The van der Waals surface area contributed by atoms with Gasteiger partial charge in [0.25, 0.3) is 0 Å². The Labute approximate surface area is 69.8 Å². The van der Waals surface area contributed by atoms with Crippen molar-refractivity contribution >= 4 is 10.9 Å². The third-order valence-corrected chi connectivity index (χ3v) is 1.94. The molecular weight excluding hydrogens is 152 g/mol. The zero-order valence-corrected chi connectivity index (χ0v) is 6.54. The van der Waals surface area contributed by atoms with Crippen molar-refractivity contribution in [3.8, 4) is 5.75 Å². The zero-order chi connectivity index (χ0) is 8.55. The Hall–Kier alpha value is -1.48. The minimum atomic E-state index is 0.286. The topological polar surface area (TPSA) is 62.0 Å². The van der Waals surface area contributed by atoms with Gasteiger partial charge in [-0.25, -0.2) is 0 Å². The van der Waals surface area contributed by atoms with Gasteiger partial charge < -0.3 is 15.8 Å². The van der Waals surface area contributed by atoms with Crippen LogP contribution in [0.2, 0.25) is 0 Å². The SMILES string of the molecule is NCc1cc(O)c2cc[nH]c2c1. The Morgan fingerprint density at radius 2 is 2.25 bits per heavy atom. The molecule has 0 aliphatic heterocycles. The first-order chi connectivity index (χ1) is 5.81. The molecule has 0 bridgehead atoms. The van der Waals surface area contributed by atoms with Crippen LogP contribution >= 0.6 is 0 Å². The van der Waals surface area contributed by atoms with Crippen molar-refractivity contribution in [2.75, 3.05) is 0 Å². The van der Waals surface area contributed by atoms with Gasteiger partial charge in [0.05, 0.1) is 0 Å². The smallest absolute Gasteiger partial charge is 0.125 e. The summed E-state index contributed by atoms with van der Waals surface area (Å²) in [5.41, 5.74) is 7.31. The van der Waals surface area contributed by atoms with Gasteiger partial charge in [0.15, 0.2) is 0 Å². The highest BCUT2D eigenvalue weighted by Gasteiger charge is 2.01. The van der Waals surface area contributed by atoms with E-state index in [0.29, 0.717) is 6.54 Å². The molecule has 1 heterocycles. The van der Waals surface area contributed by atoms with Crippen LogP contribution in [0, 0.1) is 0 Å². The van der Waals surface area contributed by atoms with Crippen LogP contribution in [-0.4, -0.2) is 10.1 Å². The number of phenols is 1. The molecule has 1 aromatic heterocycles. The predicted octanol–water partition coefficient (Wildman–Crippen LogP) is 1.33. The van der Waals surface area contributed by atoms with E-state index in [2.05, 4.69) is 4.98 Å². The summed E-state index contributed by atoms with van der Waals surface area (Å²) in [5, 5.41) is 10.3. The van der Waals surface area contributed by atoms with Crippen LogP contribution in [0.1, 0.15) is 5.56 Å². The van der Waals surface area contributed by atoms with Gasteiger partial charge in [-0.15, -0.1) is 0 Å². The molecule has 0 saturated heterocycles. The molecule has 3 heteroatoms. The molecule has 0 atom stereocenters. The van der Waals surface area contributed by atoms with E-state index in [9.17, 15) is 5.11 Å². The van der Waals surface area contributed by atoms with Gasteiger partial charge in [-0.1, -0.05) is 0 Å². The number of fused-ring (bicyclic) bond motifs is 1. The highest BCUT2D eigenvalue weighted by Crippen LogP contribution is 2.25. The molecule has 0 spiro atoms. The Morgan fingerprint density at radius 3 is 3.00 bits per heavy atom. The number of aromatic amines is 1. The van der Waals surface area contributed by atoms with Gasteiger partial charge in [0.2, 0.25) is 0 Å². The first kappa shape index (κ1) is 7.18. The standard InChI is InChI=1S/C9H10N2O/c10-5-6-3-8-7(1-2-11-8)9(12)4-6/h1-4,11-12H,5,10H2. The average Bonchev–Trinajstić information content (AvgIpc) is 2.52. The first-order valence-electron chi connectivity index (χ1n) is 3.80. The van der Waals surface area contributed by atoms with Crippen molar-refractivity contribution in [2.45, 2.75) is 6.54 Å². The number of H-pyrrole nitrogens is 1. The van der Waals surface area contributed by atoms with Crippen molar-refractivity contribution in [3.63, 3.8) is 0 Å². The van der Waals surface area contributed by atoms with E-state index in [0.717, 1.165) is 16.5 Å². The van der Waals surface area contributed by atoms with Gasteiger partial charge in [-0.3, -0.25) is 0 Å². The van der Waals surface area contributed by atoms with Crippen molar-refractivity contribution in [1.82, 2.24) is 4.98 Å². The Kier molecular flexibility index (Phi) is 1.52. The molecule has 0 radical (unpaired) electrons. The lowest BCUT2D eigenvalue weighted by Crippen LogP contribution is -1.95. The summed E-state index contributed by atoms with van der Waals surface area (Å²) in [6, 6.07) is 5.47. The molecule has 4 N–H and O–H groups in total. The summed E-state index contributed by atoms with van der Waals surface area (Å²) in [4.78, 5) is 3.02. The maximum absolute atomic E-state index is 9.50. The quantitative estimate of drug-likeness (QED) is 0.592. The molecular formula is C9H10N2O. The van der Waals surface area contributed by atoms with Crippen molar-refractivity contribution in [3.05, 3.63) is 30.0 Å². The lowest BCUT2D eigenvalue weighted by Gasteiger charge is -1.99. The third kappa shape index (κ3) is 0.950. The van der Waals surface area contributed by atoms with Crippen LogP contribution in [0.5, 0.6) is 5.75 Å². The second-order valence-corrected chi connectivity index (χ2v) is 2.76. The van der Waals surface area contributed by atoms with E-state index in [1.807, 2.05) is 12.1 Å². The normalized spacial score (nSPS) is 10.8. The molecule has 0 saturated carbocycles. The molecule has 1 aromatic carbocycles. The van der Waals surface area contributed by atoms with E-state index >= 15 is 0 Å². The molecule has 2 aromatic rings. The van der Waals surface area contributed by atoms with Crippen LogP contribution in [0.15, 0.2) is 24.4 Å². The fourth-order valence-corrected chi connectivity index (χ4v) is 1.32. The highest BCUT2D eigenvalue weighted by atomic mass is 16.3. The molecule has 2 rings (SSSR count). The van der Waals surface area contributed by atoms with Crippen LogP contribution in [0.25, 0.3) is 10.9 Å². The molecule has 0 aliphatic rings. The molecule has 62 valence electrons. The van der Waals surface area contributed by atoms with Gasteiger partial charge in [0, 0.05) is 23.6 Å². The number of phenolic OH excluding ortho intramolecular Hbond substituents is 1.